The Morgan fingerprint density at radius 2 is 2.30 bits per heavy atom. The first kappa shape index (κ1) is 8.02. The van der Waals surface area contributed by atoms with Crippen LogP contribution in [-0.4, -0.2) is 37.2 Å². The van der Waals surface area contributed by atoms with Crippen molar-refractivity contribution in [3.8, 4) is 0 Å². The summed E-state index contributed by atoms with van der Waals surface area (Å²) in [4.78, 5) is 2.34. The fraction of sp³-hybridized carbons (Fsp3) is 1.00. The van der Waals surface area contributed by atoms with Crippen molar-refractivity contribution in [1.29, 1.82) is 0 Å². The van der Waals surface area contributed by atoms with E-state index in [4.69, 9.17) is 4.74 Å². The zero-order chi connectivity index (χ0) is 7.56. The molecule has 0 N–H and O–H groups in total. The second-order valence-electron chi connectivity index (χ2n) is 3.31. The van der Waals surface area contributed by atoms with Crippen molar-refractivity contribution >= 4 is 0 Å². The molecule has 0 unspecified atom stereocenters. The Hall–Kier alpha value is -0.0800. The molecule has 1 aliphatic rings. The van der Waals surface area contributed by atoms with Crippen molar-refractivity contribution in [3.63, 3.8) is 0 Å². The quantitative estimate of drug-likeness (QED) is 0.587. The van der Waals surface area contributed by atoms with E-state index in [-0.39, 0.29) is 0 Å². The molecule has 1 rings (SSSR count). The van der Waals surface area contributed by atoms with Crippen LogP contribution in [0.1, 0.15) is 20.3 Å². The predicted octanol–water partition coefficient (Wildman–Crippen LogP) is 1.12. The van der Waals surface area contributed by atoms with Crippen LogP contribution in [0.4, 0.5) is 0 Å². The van der Waals surface area contributed by atoms with E-state index in [9.17, 15) is 0 Å². The van der Waals surface area contributed by atoms with Crippen molar-refractivity contribution in [1.82, 2.24) is 4.90 Å². The molecule has 0 aliphatic carbocycles. The Bertz CT molecular complexity index is 103. The minimum Gasteiger partial charge on any atom is -0.377 e. The highest BCUT2D eigenvalue weighted by Gasteiger charge is 2.23. The highest BCUT2D eigenvalue weighted by Crippen LogP contribution is 2.14. The number of hydrogen-bond acceptors (Lipinski definition) is 2. The summed E-state index contributed by atoms with van der Waals surface area (Å²) in [5.41, 5.74) is 0. The Kier molecular flexibility index (Phi) is 2.69. The molecule has 60 valence electrons. The Morgan fingerprint density at radius 3 is 2.60 bits per heavy atom. The minimum absolute atomic E-state index is 0.383. The van der Waals surface area contributed by atoms with Gasteiger partial charge in [0.25, 0.3) is 0 Å². The third-order valence-electron chi connectivity index (χ3n) is 2.06. The molecular formula is C8H17NO. The van der Waals surface area contributed by atoms with Crippen LogP contribution < -0.4 is 0 Å². The van der Waals surface area contributed by atoms with Crippen molar-refractivity contribution in [2.75, 3.05) is 20.2 Å². The molecule has 0 bridgehead atoms. The zero-order valence-corrected chi connectivity index (χ0v) is 7.13. The molecule has 1 atom stereocenters. The van der Waals surface area contributed by atoms with E-state index >= 15 is 0 Å². The van der Waals surface area contributed by atoms with E-state index in [0.717, 1.165) is 6.61 Å². The van der Waals surface area contributed by atoms with Crippen LogP contribution in [-0.2, 0) is 4.74 Å². The van der Waals surface area contributed by atoms with Gasteiger partial charge in [-0.05, 0) is 33.9 Å². The number of ether oxygens (including phenoxy) is 1. The molecule has 1 heterocycles. The largest absolute Gasteiger partial charge is 0.377 e. The maximum absolute atomic E-state index is 5.47. The summed E-state index contributed by atoms with van der Waals surface area (Å²) in [5, 5.41) is 0. The van der Waals surface area contributed by atoms with E-state index < -0.39 is 0 Å². The average molecular weight is 143 g/mol. The normalized spacial score (nSPS) is 27.0. The first-order chi connectivity index (χ1) is 4.70. The zero-order valence-electron chi connectivity index (χ0n) is 7.13. The SMILES string of the molecule is CC(C)OC[C@H]1CCN1C. The van der Waals surface area contributed by atoms with E-state index in [2.05, 4.69) is 25.8 Å². The highest BCUT2D eigenvalue weighted by atomic mass is 16.5. The summed E-state index contributed by atoms with van der Waals surface area (Å²) in [5.74, 6) is 0. The molecule has 0 spiro atoms. The van der Waals surface area contributed by atoms with Crippen molar-refractivity contribution < 1.29 is 4.74 Å². The maximum Gasteiger partial charge on any atom is 0.0625 e. The fourth-order valence-electron chi connectivity index (χ4n) is 1.08. The molecule has 0 aromatic carbocycles. The van der Waals surface area contributed by atoms with Gasteiger partial charge in [-0.25, -0.2) is 0 Å². The van der Waals surface area contributed by atoms with Gasteiger partial charge in [0.05, 0.1) is 12.7 Å². The summed E-state index contributed by atoms with van der Waals surface area (Å²) in [7, 11) is 2.15. The fourth-order valence-corrected chi connectivity index (χ4v) is 1.08. The van der Waals surface area contributed by atoms with Crippen LogP contribution in [0.2, 0.25) is 0 Å². The first-order valence-corrected chi connectivity index (χ1v) is 4.02. The van der Waals surface area contributed by atoms with Gasteiger partial charge < -0.3 is 9.64 Å². The van der Waals surface area contributed by atoms with Crippen LogP contribution in [0.3, 0.4) is 0 Å². The Labute approximate surface area is 63.2 Å². The number of hydrogen-bond donors (Lipinski definition) is 0. The van der Waals surface area contributed by atoms with E-state index in [0.29, 0.717) is 12.1 Å². The van der Waals surface area contributed by atoms with E-state index in [1.165, 1.54) is 13.0 Å². The van der Waals surface area contributed by atoms with Crippen LogP contribution in [0.5, 0.6) is 0 Å². The monoisotopic (exact) mass is 143 g/mol. The molecule has 1 fully saturated rings. The van der Waals surface area contributed by atoms with Crippen molar-refractivity contribution in [2.45, 2.75) is 32.4 Å². The number of rotatable bonds is 3. The van der Waals surface area contributed by atoms with Gasteiger partial charge in [0.2, 0.25) is 0 Å². The van der Waals surface area contributed by atoms with Gasteiger partial charge in [-0.3, -0.25) is 0 Å². The topological polar surface area (TPSA) is 12.5 Å². The minimum atomic E-state index is 0.383. The van der Waals surface area contributed by atoms with Gasteiger partial charge in [0.15, 0.2) is 0 Å². The lowest BCUT2D eigenvalue weighted by Crippen LogP contribution is -2.47. The van der Waals surface area contributed by atoms with Gasteiger partial charge >= 0.3 is 0 Å². The molecule has 1 saturated heterocycles. The number of likely N-dealkylation sites (tertiary alicyclic amines) is 1. The Morgan fingerprint density at radius 1 is 1.60 bits per heavy atom. The molecule has 10 heavy (non-hydrogen) atoms. The van der Waals surface area contributed by atoms with Gasteiger partial charge in [-0.15, -0.1) is 0 Å². The van der Waals surface area contributed by atoms with Crippen LogP contribution in [0, 0.1) is 0 Å². The summed E-state index contributed by atoms with van der Waals surface area (Å²) < 4.78 is 5.47. The van der Waals surface area contributed by atoms with Crippen LogP contribution >= 0.6 is 0 Å². The van der Waals surface area contributed by atoms with Gasteiger partial charge in [0.1, 0.15) is 0 Å². The average Bonchev–Trinajstić information content (AvgIpc) is 1.84. The first-order valence-electron chi connectivity index (χ1n) is 4.02. The molecule has 0 aromatic heterocycles. The summed E-state index contributed by atoms with van der Waals surface area (Å²) in [6.45, 7) is 6.32. The number of nitrogens with zero attached hydrogens (tertiary/aromatic N) is 1. The lowest BCUT2D eigenvalue weighted by atomic mass is 10.1. The van der Waals surface area contributed by atoms with Crippen LogP contribution in [0.25, 0.3) is 0 Å². The van der Waals surface area contributed by atoms with Crippen molar-refractivity contribution in [3.05, 3.63) is 0 Å². The molecule has 2 nitrogen and oxygen atoms in total. The molecular weight excluding hydrogens is 126 g/mol. The summed E-state index contributed by atoms with van der Waals surface area (Å²) in [6.07, 6.45) is 1.69. The lowest BCUT2D eigenvalue weighted by molar-refractivity contribution is -0.00469. The highest BCUT2D eigenvalue weighted by molar-refractivity contribution is 4.79. The van der Waals surface area contributed by atoms with Crippen molar-refractivity contribution in [2.24, 2.45) is 0 Å². The van der Waals surface area contributed by atoms with Gasteiger partial charge in [-0.2, -0.15) is 0 Å². The third kappa shape index (κ3) is 1.96. The van der Waals surface area contributed by atoms with E-state index in [1.807, 2.05) is 0 Å². The lowest BCUT2D eigenvalue weighted by Gasteiger charge is -2.37. The second-order valence-corrected chi connectivity index (χ2v) is 3.31. The van der Waals surface area contributed by atoms with Crippen LogP contribution in [0.15, 0.2) is 0 Å². The standard InChI is InChI=1S/C8H17NO/c1-7(2)10-6-8-4-5-9(8)3/h7-8H,4-6H2,1-3H3/t8-/m1/s1. The molecule has 2 heteroatoms. The molecule has 1 aliphatic heterocycles. The Balaban J connectivity index is 2.03. The molecule has 0 aromatic rings. The predicted molar refractivity (Wildman–Crippen MR) is 42.1 cm³/mol. The van der Waals surface area contributed by atoms with Gasteiger partial charge in [-0.1, -0.05) is 0 Å². The number of likely N-dealkylation sites (N-methyl/N-ethyl adjacent to an activating group) is 1. The maximum atomic E-state index is 5.47. The van der Waals surface area contributed by atoms with Gasteiger partial charge in [0, 0.05) is 6.04 Å². The summed E-state index contributed by atoms with van der Waals surface area (Å²) >= 11 is 0. The van der Waals surface area contributed by atoms with E-state index in [1.54, 1.807) is 0 Å². The smallest absolute Gasteiger partial charge is 0.0625 e. The second kappa shape index (κ2) is 3.35. The third-order valence-corrected chi connectivity index (χ3v) is 2.06. The summed E-state index contributed by atoms with van der Waals surface area (Å²) in [6, 6.07) is 0.697. The molecule has 0 saturated carbocycles. The molecule has 0 radical (unpaired) electrons. The molecule has 0 amide bonds.